The van der Waals surface area contributed by atoms with Crippen LogP contribution in [-0.2, 0) is 6.18 Å². The quantitative estimate of drug-likeness (QED) is 0.751. The van der Waals surface area contributed by atoms with E-state index in [1.165, 1.54) is 18.2 Å². The number of halogens is 7. The molecule has 9 heteroatoms. The van der Waals surface area contributed by atoms with Gasteiger partial charge in [-0.3, -0.25) is 0 Å². The molecule has 0 spiro atoms. The van der Waals surface area contributed by atoms with Crippen molar-refractivity contribution in [3.63, 3.8) is 0 Å². The standard InChI is InChI=1S/C17H14F7NO/c18-13-6-2-4-11(8-13)15(25-9-14(26)17(22,23)24)10-3-1-5-12(7-10)16(19,20)21/h1-8,14-15,25-26H,9H2. The molecule has 2 rings (SSSR count). The van der Waals surface area contributed by atoms with Crippen molar-refractivity contribution in [2.75, 3.05) is 6.54 Å². The van der Waals surface area contributed by atoms with Gasteiger partial charge in [0.1, 0.15) is 5.82 Å². The predicted molar refractivity (Wildman–Crippen MR) is 79.8 cm³/mol. The fourth-order valence-corrected chi connectivity index (χ4v) is 2.35. The summed E-state index contributed by atoms with van der Waals surface area (Å²) >= 11 is 0. The Labute approximate surface area is 144 Å². The topological polar surface area (TPSA) is 32.3 Å². The fraction of sp³-hybridized carbons (Fsp3) is 0.294. The lowest BCUT2D eigenvalue weighted by Crippen LogP contribution is -2.40. The Hall–Kier alpha value is -2.13. The molecule has 2 atom stereocenters. The normalized spacial score (nSPS) is 14.9. The van der Waals surface area contributed by atoms with Crippen LogP contribution in [0.3, 0.4) is 0 Å². The number of hydrogen-bond acceptors (Lipinski definition) is 2. The summed E-state index contributed by atoms with van der Waals surface area (Å²) in [5.74, 6) is -0.697. The summed E-state index contributed by atoms with van der Waals surface area (Å²) in [4.78, 5) is 0. The molecule has 2 aromatic carbocycles. The second-order valence-electron chi connectivity index (χ2n) is 5.58. The SMILES string of the molecule is OC(CNC(c1cccc(F)c1)c1cccc(C(F)(F)F)c1)C(F)(F)F. The van der Waals surface area contributed by atoms with Gasteiger partial charge in [-0.25, -0.2) is 4.39 Å². The van der Waals surface area contributed by atoms with Crippen LogP contribution in [0.2, 0.25) is 0 Å². The highest BCUT2D eigenvalue weighted by molar-refractivity contribution is 5.35. The van der Waals surface area contributed by atoms with Crippen molar-refractivity contribution < 1.29 is 35.8 Å². The van der Waals surface area contributed by atoms with E-state index in [2.05, 4.69) is 5.32 Å². The van der Waals surface area contributed by atoms with Crippen molar-refractivity contribution in [3.8, 4) is 0 Å². The Morgan fingerprint density at radius 3 is 2.00 bits per heavy atom. The van der Waals surface area contributed by atoms with Gasteiger partial charge in [-0.05, 0) is 35.4 Å². The molecule has 0 radical (unpaired) electrons. The smallest absolute Gasteiger partial charge is 0.382 e. The van der Waals surface area contributed by atoms with Gasteiger partial charge in [-0.15, -0.1) is 0 Å². The predicted octanol–water partition coefficient (Wildman–Crippen LogP) is 4.45. The average molecular weight is 381 g/mol. The van der Waals surface area contributed by atoms with E-state index in [9.17, 15) is 30.7 Å². The van der Waals surface area contributed by atoms with Gasteiger partial charge in [-0.2, -0.15) is 26.3 Å². The molecule has 142 valence electrons. The van der Waals surface area contributed by atoms with Crippen LogP contribution in [0.25, 0.3) is 0 Å². The second kappa shape index (κ2) is 7.63. The number of alkyl halides is 6. The molecule has 0 aliphatic carbocycles. The maximum Gasteiger partial charge on any atom is 0.416 e. The maximum atomic E-state index is 13.5. The van der Waals surface area contributed by atoms with Crippen molar-refractivity contribution >= 4 is 0 Å². The van der Waals surface area contributed by atoms with Crippen LogP contribution in [-0.4, -0.2) is 23.9 Å². The van der Waals surface area contributed by atoms with Gasteiger partial charge < -0.3 is 10.4 Å². The third-order valence-electron chi connectivity index (χ3n) is 3.62. The van der Waals surface area contributed by atoms with Gasteiger partial charge in [0.25, 0.3) is 0 Å². The summed E-state index contributed by atoms with van der Waals surface area (Å²) in [6.07, 6.45) is -12.3. The zero-order valence-electron chi connectivity index (χ0n) is 13.1. The van der Waals surface area contributed by atoms with Crippen molar-refractivity contribution in [2.24, 2.45) is 0 Å². The molecule has 0 aromatic heterocycles. The second-order valence-corrected chi connectivity index (χ2v) is 5.58. The molecule has 0 bridgehead atoms. The zero-order valence-corrected chi connectivity index (χ0v) is 13.1. The Kier molecular flexibility index (Phi) is 5.92. The minimum atomic E-state index is -4.90. The molecule has 0 amide bonds. The van der Waals surface area contributed by atoms with E-state index in [1.54, 1.807) is 0 Å². The molecular weight excluding hydrogens is 367 g/mol. The number of aliphatic hydroxyl groups is 1. The van der Waals surface area contributed by atoms with Gasteiger partial charge in [0.05, 0.1) is 11.6 Å². The number of hydrogen-bond donors (Lipinski definition) is 2. The van der Waals surface area contributed by atoms with Gasteiger partial charge >= 0.3 is 12.4 Å². The molecule has 0 saturated heterocycles. The van der Waals surface area contributed by atoms with Crippen molar-refractivity contribution in [2.45, 2.75) is 24.5 Å². The summed E-state index contributed by atoms with van der Waals surface area (Å²) in [6, 6.07) is 7.53. The first kappa shape index (κ1) is 20.2. The van der Waals surface area contributed by atoms with Crippen LogP contribution in [0.4, 0.5) is 30.7 Å². The van der Waals surface area contributed by atoms with Crippen LogP contribution in [0.15, 0.2) is 48.5 Å². The third-order valence-corrected chi connectivity index (χ3v) is 3.62. The molecule has 0 aliphatic heterocycles. The van der Waals surface area contributed by atoms with E-state index in [-0.39, 0.29) is 11.1 Å². The average Bonchev–Trinajstić information content (AvgIpc) is 2.53. The molecular formula is C17H14F7NO. The molecule has 2 N–H and O–H groups in total. The summed E-state index contributed by atoms with van der Waals surface area (Å²) in [7, 11) is 0. The van der Waals surface area contributed by atoms with Crippen LogP contribution in [0, 0.1) is 5.82 Å². The van der Waals surface area contributed by atoms with Crippen LogP contribution in [0.5, 0.6) is 0 Å². The fourth-order valence-electron chi connectivity index (χ4n) is 2.35. The summed E-state index contributed by atoms with van der Waals surface area (Å²) < 4.78 is 89.6. The van der Waals surface area contributed by atoms with E-state index < -0.39 is 42.4 Å². The summed E-state index contributed by atoms with van der Waals surface area (Å²) in [6.45, 7) is -0.971. The van der Waals surface area contributed by atoms with Gasteiger partial charge in [0, 0.05) is 6.54 Å². The minimum Gasteiger partial charge on any atom is -0.382 e. The van der Waals surface area contributed by atoms with Crippen molar-refractivity contribution in [1.82, 2.24) is 5.32 Å². The van der Waals surface area contributed by atoms with E-state index in [4.69, 9.17) is 5.11 Å². The number of nitrogens with one attached hydrogen (secondary N) is 1. The minimum absolute atomic E-state index is 0.0141. The van der Waals surface area contributed by atoms with Crippen molar-refractivity contribution in [1.29, 1.82) is 0 Å². The Morgan fingerprint density at radius 2 is 1.46 bits per heavy atom. The first-order valence-corrected chi connectivity index (χ1v) is 7.39. The van der Waals surface area contributed by atoms with Crippen LogP contribution >= 0.6 is 0 Å². The Balaban J connectivity index is 2.38. The molecule has 0 heterocycles. The Bertz CT molecular complexity index is 742. The highest BCUT2D eigenvalue weighted by Crippen LogP contribution is 2.32. The first-order valence-electron chi connectivity index (χ1n) is 7.39. The molecule has 2 aromatic rings. The lowest BCUT2D eigenvalue weighted by molar-refractivity contribution is -0.202. The monoisotopic (exact) mass is 381 g/mol. The van der Waals surface area contributed by atoms with E-state index >= 15 is 0 Å². The van der Waals surface area contributed by atoms with Crippen LogP contribution < -0.4 is 5.32 Å². The molecule has 0 fully saturated rings. The lowest BCUT2D eigenvalue weighted by Gasteiger charge is -2.23. The van der Waals surface area contributed by atoms with Crippen LogP contribution in [0.1, 0.15) is 22.7 Å². The molecule has 0 saturated carbocycles. The lowest BCUT2D eigenvalue weighted by atomic mass is 9.96. The highest BCUT2D eigenvalue weighted by Gasteiger charge is 2.38. The summed E-state index contributed by atoms with van der Waals surface area (Å²) in [5, 5.41) is 11.5. The highest BCUT2D eigenvalue weighted by atomic mass is 19.4. The van der Waals surface area contributed by atoms with E-state index in [0.717, 1.165) is 30.3 Å². The van der Waals surface area contributed by atoms with E-state index in [0.29, 0.717) is 0 Å². The molecule has 26 heavy (non-hydrogen) atoms. The van der Waals surface area contributed by atoms with E-state index in [1.807, 2.05) is 0 Å². The van der Waals surface area contributed by atoms with Crippen molar-refractivity contribution in [3.05, 3.63) is 71.0 Å². The largest absolute Gasteiger partial charge is 0.416 e. The number of benzene rings is 2. The first-order chi connectivity index (χ1) is 12.0. The molecule has 0 aliphatic rings. The summed E-state index contributed by atoms with van der Waals surface area (Å²) in [5.41, 5.74) is -0.881. The Morgan fingerprint density at radius 1 is 0.885 bits per heavy atom. The van der Waals surface area contributed by atoms with Gasteiger partial charge in [0.15, 0.2) is 6.10 Å². The van der Waals surface area contributed by atoms with Gasteiger partial charge in [-0.1, -0.05) is 24.3 Å². The number of rotatable bonds is 5. The number of aliphatic hydroxyl groups excluding tert-OH is 1. The zero-order chi connectivity index (χ0) is 19.5. The maximum absolute atomic E-state index is 13.5. The molecule has 2 unspecified atom stereocenters. The van der Waals surface area contributed by atoms with Gasteiger partial charge in [0.2, 0.25) is 0 Å². The third kappa shape index (κ3) is 5.18. The molecule has 2 nitrogen and oxygen atoms in total.